The number of benzene rings is 2. The molecule has 0 spiro atoms. The molecule has 8 nitrogen and oxygen atoms in total. The van der Waals surface area contributed by atoms with Crippen molar-refractivity contribution >= 4 is 0 Å². The Labute approximate surface area is 185 Å². The molecule has 4 rings (SSSR count). The molecule has 0 bridgehead atoms. The Hall–Kier alpha value is -4.46. The number of aryl methyl sites for hydroxylation is 1. The van der Waals surface area contributed by atoms with E-state index in [-0.39, 0.29) is 29.3 Å². The number of ether oxygens (including phenoxy) is 2. The van der Waals surface area contributed by atoms with Gasteiger partial charge in [-0.3, -0.25) is 4.98 Å². The van der Waals surface area contributed by atoms with Crippen LogP contribution >= 0.6 is 0 Å². The Kier molecular flexibility index (Phi) is 5.91. The molecule has 0 saturated carbocycles. The van der Waals surface area contributed by atoms with Gasteiger partial charge in [-0.1, -0.05) is 12.1 Å². The number of hydrogen-bond donors (Lipinski definition) is 1. The average molecular weight is 452 g/mol. The van der Waals surface area contributed by atoms with Gasteiger partial charge in [0.2, 0.25) is 5.88 Å². The number of nitriles is 1. The lowest BCUT2D eigenvalue weighted by atomic mass is 10.1. The fourth-order valence-corrected chi connectivity index (χ4v) is 2.92. The van der Waals surface area contributed by atoms with Crippen LogP contribution in [0.5, 0.6) is 17.4 Å². The summed E-state index contributed by atoms with van der Waals surface area (Å²) in [6.45, 7) is 1.80. The van der Waals surface area contributed by atoms with Crippen molar-refractivity contribution in [3.63, 3.8) is 0 Å². The van der Waals surface area contributed by atoms with Gasteiger partial charge < -0.3 is 9.47 Å². The summed E-state index contributed by atoms with van der Waals surface area (Å²) >= 11 is 0. The van der Waals surface area contributed by atoms with Crippen molar-refractivity contribution in [2.45, 2.75) is 19.7 Å². The summed E-state index contributed by atoms with van der Waals surface area (Å²) in [4.78, 5) is 8.21. The minimum absolute atomic E-state index is 0.00852. The van der Waals surface area contributed by atoms with E-state index in [0.717, 1.165) is 12.1 Å². The highest BCUT2D eigenvalue weighted by atomic mass is 19.4. The van der Waals surface area contributed by atoms with Crippen molar-refractivity contribution in [1.29, 1.82) is 5.26 Å². The van der Waals surface area contributed by atoms with E-state index in [1.54, 1.807) is 43.5 Å². The zero-order valence-electron chi connectivity index (χ0n) is 17.1. The molecule has 0 aliphatic rings. The van der Waals surface area contributed by atoms with Crippen molar-refractivity contribution in [2.24, 2.45) is 0 Å². The molecule has 33 heavy (non-hydrogen) atoms. The number of nitrogens with zero attached hydrogens (tertiary/aromatic N) is 5. The maximum absolute atomic E-state index is 13.4. The van der Waals surface area contributed by atoms with Crippen LogP contribution in [0.25, 0.3) is 11.3 Å². The van der Waals surface area contributed by atoms with E-state index in [4.69, 9.17) is 14.7 Å². The third-order valence-electron chi connectivity index (χ3n) is 4.45. The standard InChI is InChI=1S/C22H15F3N6O2/c1-13-10-27-11-20(28-13)33-17-4-2-14(3-5-17)12-32-18-7-15(6-16(8-18)22(23,24)25)21-19(9-26)29-31-30-21/h2-8,10-11H,12H2,1H3,(H,29,30,31). The first-order valence-electron chi connectivity index (χ1n) is 9.53. The van der Waals surface area contributed by atoms with E-state index in [1.807, 2.05) is 0 Å². The number of halogens is 3. The zero-order chi connectivity index (χ0) is 23.4. The molecule has 0 aliphatic heterocycles. The van der Waals surface area contributed by atoms with E-state index in [9.17, 15) is 13.2 Å². The Morgan fingerprint density at radius 1 is 1.03 bits per heavy atom. The van der Waals surface area contributed by atoms with Gasteiger partial charge in [0.25, 0.3) is 0 Å². The fraction of sp³-hybridized carbons (Fsp3) is 0.136. The molecular weight excluding hydrogens is 437 g/mol. The Morgan fingerprint density at radius 3 is 2.52 bits per heavy atom. The zero-order valence-corrected chi connectivity index (χ0v) is 17.1. The van der Waals surface area contributed by atoms with Crippen LogP contribution in [0.3, 0.4) is 0 Å². The van der Waals surface area contributed by atoms with Gasteiger partial charge in [-0.05, 0) is 42.8 Å². The van der Waals surface area contributed by atoms with Crippen molar-refractivity contribution in [1.82, 2.24) is 25.4 Å². The molecule has 2 aromatic heterocycles. The predicted molar refractivity (Wildman–Crippen MR) is 109 cm³/mol. The number of rotatable bonds is 6. The molecule has 166 valence electrons. The van der Waals surface area contributed by atoms with Crippen LogP contribution in [0.2, 0.25) is 0 Å². The van der Waals surface area contributed by atoms with Crippen LogP contribution in [0.4, 0.5) is 13.2 Å². The quantitative estimate of drug-likeness (QED) is 0.446. The van der Waals surface area contributed by atoms with Crippen LogP contribution < -0.4 is 9.47 Å². The second kappa shape index (κ2) is 8.96. The molecule has 0 radical (unpaired) electrons. The van der Waals surface area contributed by atoms with Gasteiger partial charge in [0.15, 0.2) is 5.69 Å². The average Bonchev–Trinajstić information content (AvgIpc) is 3.27. The largest absolute Gasteiger partial charge is 0.489 e. The van der Waals surface area contributed by atoms with Crippen LogP contribution in [0, 0.1) is 18.3 Å². The summed E-state index contributed by atoms with van der Waals surface area (Å²) in [6.07, 6.45) is -1.51. The van der Waals surface area contributed by atoms with E-state index < -0.39 is 11.7 Å². The third kappa shape index (κ3) is 5.24. The number of nitrogens with one attached hydrogen (secondary N) is 1. The fourth-order valence-electron chi connectivity index (χ4n) is 2.92. The lowest BCUT2D eigenvalue weighted by molar-refractivity contribution is -0.137. The summed E-state index contributed by atoms with van der Waals surface area (Å²) in [5, 5.41) is 18.8. The van der Waals surface area contributed by atoms with E-state index >= 15 is 0 Å². The number of hydrogen-bond acceptors (Lipinski definition) is 7. The topological polar surface area (TPSA) is 110 Å². The van der Waals surface area contributed by atoms with Crippen LogP contribution in [-0.4, -0.2) is 25.4 Å². The first-order valence-corrected chi connectivity index (χ1v) is 9.53. The third-order valence-corrected chi connectivity index (χ3v) is 4.45. The van der Waals surface area contributed by atoms with Crippen molar-refractivity contribution in [3.05, 3.63) is 77.4 Å². The van der Waals surface area contributed by atoms with Crippen LogP contribution in [-0.2, 0) is 12.8 Å². The normalized spacial score (nSPS) is 11.1. The monoisotopic (exact) mass is 452 g/mol. The minimum atomic E-state index is -4.61. The van der Waals surface area contributed by atoms with Gasteiger partial charge in [-0.25, -0.2) is 4.98 Å². The van der Waals surface area contributed by atoms with Crippen molar-refractivity contribution in [3.8, 4) is 34.7 Å². The van der Waals surface area contributed by atoms with Gasteiger partial charge in [0.05, 0.1) is 17.5 Å². The summed E-state index contributed by atoms with van der Waals surface area (Å²) in [5.74, 6) is 0.845. The molecule has 2 heterocycles. The first-order chi connectivity index (χ1) is 15.8. The minimum Gasteiger partial charge on any atom is -0.489 e. The highest BCUT2D eigenvalue weighted by Crippen LogP contribution is 2.36. The molecule has 0 amide bonds. The number of aromatic amines is 1. The highest BCUT2D eigenvalue weighted by molar-refractivity contribution is 5.67. The summed E-state index contributed by atoms with van der Waals surface area (Å²) in [5.41, 5.74) is 0.447. The number of alkyl halides is 3. The Morgan fingerprint density at radius 2 is 1.82 bits per heavy atom. The van der Waals surface area contributed by atoms with Crippen molar-refractivity contribution < 1.29 is 22.6 Å². The molecule has 0 fully saturated rings. The van der Waals surface area contributed by atoms with Gasteiger partial charge >= 0.3 is 6.18 Å². The van der Waals surface area contributed by atoms with E-state index in [2.05, 4.69) is 25.4 Å². The first kappa shape index (κ1) is 21.8. The van der Waals surface area contributed by atoms with E-state index in [1.165, 1.54) is 12.3 Å². The molecule has 4 aromatic rings. The molecule has 0 aliphatic carbocycles. The lowest BCUT2D eigenvalue weighted by Crippen LogP contribution is -2.06. The Bertz CT molecular complexity index is 1310. The SMILES string of the molecule is Cc1cncc(Oc2ccc(COc3cc(-c4n[nH]nc4C#N)cc(C(F)(F)F)c3)cc2)n1. The van der Waals surface area contributed by atoms with Gasteiger partial charge in [-0.15, -0.1) is 5.10 Å². The molecular formula is C22H15F3N6O2. The second-order valence-electron chi connectivity index (χ2n) is 6.91. The molecule has 0 atom stereocenters. The highest BCUT2D eigenvalue weighted by Gasteiger charge is 2.32. The van der Waals surface area contributed by atoms with Crippen LogP contribution in [0.1, 0.15) is 22.5 Å². The summed E-state index contributed by atoms with van der Waals surface area (Å²) in [6, 6.07) is 11.8. The smallest absolute Gasteiger partial charge is 0.416 e. The molecule has 11 heteroatoms. The Balaban J connectivity index is 1.52. The lowest BCUT2D eigenvalue weighted by Gasteiger charge is -2.13. The summed E-state index contributed by atoms with van der Waals surface area (Å²) in [7, 11) is 0. The summed E-state index contributed by atoms with van der Waals surface area (Å²) < 4.78 is 51.4. The van der Waals surface area contributed by atoms with Gasteiger partial charge in [0, 0.05) is 11.8 Å². The number of H-pyrrole nitrogens is 1. The van der Waals surface area contributed by atoms with Gasteiger partial charge in [0.1, 0.15) is 29.9 Å². The van der Waals surface area contributed by atoms with Crippen LogP contribution in [0.15, 0.2) is 54.9 Å². The van der Waals surface area contributed by atoms with Gasteiger partial charge in [-0.2, -0.15) is 28.7 Å². The number of aromatic nitrogens is 5. The molecule has 0 saturated heterocycles. The molecule has 0 unspecified atom stereocenters. The van der Waals surface area contributed by atoms with Crippen molar-refractivity contribution in [2.75, 3.05) is 0 Å². The van der Waals surface area contributed by atoms with E-state index in [0.29, 0.717) is 22.9 Å². The molecule has 2 aromatic carbocycles. The maximum Gasteiger partial charge on any atom is 0.416 e. The predicted octanol–water partition coefficient (Wildman–Crippen LogP) is 4.83. The second-order valence-corrected chi connectivity index (χ2v) is 6.91. The maximum atomic E-state index is 13.4. The molecule has 1 N–H and O–H groups in total.